The number of benzene rings is 1. The quantitative estimate of drug-likeness (QED) is 0.475. The lowest BCUT2D eigenvalue weighted by Crippen LogP contribution is -2.56. The van der Waals surface area contributed by atoms with E-state index in [2.05, 4.69) is 0 Å². The molecule has 7 heteroatoms. The highest BCUT2D eigenvalue weighted by atomic mass is 19.4. The second-order valence-corrected chi connectivity index (χ2v) is 9.12. The maximum absolute atomic E-state index is 14.1. The third-order valence-corrected chi connectivity index (χ3v) is 5.45. The van der Waals surface area contributed by atoms with E-state index in [9.17, 15) is 23.1 Å². The predicted octanol–water partition coefficient (Wildman–Crippen LogP) is 6.04. The summed E-state index contributed by atoms with van der Waals surface area (Å²) < 4.78 is 47.8. The topological polar surface area (TPSA) is 49.8 Å². The molecule has 1 amide bonds. The number of aliphatic hydroxyl groups is 1. The van der Waals surface area contributed by atoms with Crippen LogP contribution in [-0.2, 0) is 11.0 Å². The molecule has 0 aromatic heterocycles. The summed E-state index contributed by atoms with van der Waals surface area (Å²) in [6.45, 7) is 9.50. The normalized spacial score (nSPS) is 21.4. The van der Waals surface area contributed by atoms with Crippen molar-refractivity contribution in [2.24, 2.45) is 5.92 Å². The van der Waals surface area contributed by atoms with Crippen molar-refractivity contribution >= 4 is 11.6 Å². The fourth-order valence-corrected chi connectivity index (χ4v) is 3.82. The van der Waals surface area contributed by atoms with Crippen molar-refractivity contribution in [3.8, 4) is 5.75 Å². The Morgan fingerprint density at radius 3 is 2.52 bits per heavy atom. The zero-order chi connectivity index (χ0) is 23.4. The molecular formula is C24H34F3NO3. The molecule has 0 heterocycles. The standard InChI is InChI=1S/C24H34F3NO3/c1-6-7-8-9-21(29)28(18-14-23(5,30)15-18)22-17(4)12-19(31-11-10-16(2)3)13-20(22)24(25,26)27/h8-9,12-13,16,18,30H,6-7,10-11,14-15H2,1-5H3/b9-8+. The first kappa shape index (κ1) is 25.2. The largest absolute Gasteiger partial charge is 0.494 e. The van der Waals surface area contributed by atoms with Crippen LogP contribution in [0.15, 0.2) is 24.3 Å². The van der Waals surface area contributed by atoms with Crippen LogP contribution in [0.4, 0.5) is 18.9 Å². The molecule has 0 spiro atoms. The van der Waals surface area contributed by atoms with Gasteiger partial charge in [-0.15, -0.1) is 0 Å². The number of carbonyl (C=O) groups is 1. The van der Waals surface area contributed by atoms with Crippen molar-refractivity contribution in [1.82, 2.24) is 0 Å². The number of hydrogen-bond donors (Lipinski definition) is 1. The molecule has 0 atom stereocenters. The summed E-state index contributed by atoms with van der Waals surface area (Å²) in [6.07, 6.45) is 1.03. The second kappa shape index (κ2) is 10.1. The van der Waals surface area contributed by atoms with E-state index in [1.807, 2.05) is 20.8 Å². The van der Waals surface area contributed by atoms with Crippen LogP contribution < -0.4 is 9.64 Å². The van der Waals surface area contributed by atoms with Gasteiger partial charge in [0.25, 0.3) is 5.91 Å². The molecule has 0 aliphatic heterocycles. The fraction of sp³-hybridized carbons (Fsp3) is 0.625. The highest BCUT2D eigenvalue weighted by Gasteiger charge is 2.46. The minimum absolute atomic E-state index is 0.142. The van der Waals surface area contributed by atoms with Crippen LogP contribution in [0.1, 0.15) is 70.9 Å². The molecule has 174 valence electrons. The molecule has 1 N–H and O–H groups in total. The molecule has 0 radical (unpaired) electrons. The third-order valence-electron chi connectivity index (χ3n) is 5.45. The lowest BCUT2D eigenvalue weighted by molar-refractivity contribution is -0.137. The summed E-state index contributed by atoms with van der Waals surface area (Å²) in [5, 5.41) is 10.2. The van der Waals surface area contributed by atoms with Crippen LogP contribution in [-0.4, -0.2) is 29.3 Å². The van der Waals surface area contributed by atoms with Gasteiger partial charge in [-0.25, -0.2) is 0 Å². The first-order valence-electron chi connectivity index (χ1n) is 10.9. The SMILES string of the molecule is CCC/C=C/C(=O)N(c1c(C)cc(OCCC(C)C)cc1C(F)(F)F)C1CC(C)(O)C1. The van der Waals surface area contributed by atoms with E-state index in [1.54, 1.807) is 26.0 Å². The first-order chi connectivity index (χ1) is 14.4. The monoisotopic (exact) mass is 441 g/mol. The summed E-state index contributed by atoms with van der Waals surface area (Å²) in [4.78, 5) is 14.2. The average Bonchev–Trinajstić information content (AvgIpc) is 2.60. The number of ether oxygens (including phenoxy) is 1. The molecule has 0 bridgehead atoms. The Balaban J connectivity index is 2.49. The fourth-order valence-electron chi connectivity index (χ4n) is 3.82. The van der Waals surface area contributed by atoms with Crippen LogP contribution >= 0.6 is 0 Å². The van der Waals surface area contributed by atoms with Crippen molar-refractivity contribution in [3.05, 3.63) is 35.4 Å². The number of amides is 1. The molecule has 1 aromatic rings. The Morgan fingerprint density at radius 2 is 2.00 bits per heavy atom. The van der Waals surface area contributed by atoms with Gasteiger partial charge in [0.2, 0.25) is 0 Å². The highest BCUT2D eigenvalue weighted by molar-refractivity contribution is 6.03. The van der Waals surface area contributed by atoms with Gasteiger partial charge >= 0.3 is 6.18 Å². The Morgan fingerprint density at radius 1 is 1.35 bits per heavy atom. The van der Waals surface area contributed by atoms with Crippen molar-refractivity contribution in [1.29, 1.82) is 0 Å². The van der Waals surface area contributed by atoms with Crippen molar-refractivity contribution in [2.45, 2.75) is 84.5 Å². The van der Waals surface area contributed by atoms with Crippen molar-refractivity contribution < 1.29 is 27.8 Å². The van der Waals surface area contributed by atoms with Gasteiger partial charge in [0.05, 0.1) is 23.5 Å². The molecule has 31 heavy (non-hydrogen) atoms. The molecule has 1 aliphatic rings. The van der Waals surface area contributed by atoms with E-state index in [4.69, 9.17) is 4.74 Å². The van der Waals surface area contributed by atoms with Gasteiger partial charge in [-0.05, 0) is 69.2 Å². The molecule has 2 rings (SSSR count). The maximum Gasteiger partial charge on any atom is 0.418 e. The first-order valence-corrected chi connectivity index (χ1v) is 10.9. The Kier molecular flexibility index (Phi) is 8.20. The number of unbranched alkanes of at least 4 members (excludes halogenated alkanes) is 1. The molecule has 1 aliphatic carbocycles. The van der Waals surface area contributed by atoms with Crippen LogP contribution in [0.5, 0.6) is 5.75 Å². The average molecular weight is 442 g/mol. The zero-order valence-corrected chi connectivity index (χ0v) is 19.1. The minimum atomic E-state index is -4.66. The number of alkyl halides is 3. The number of carbonyl (C=O) groups excluding carboxylic acids is 1. The smallest absolute Gasteiger partial charge is 0.418 e. The van der Waals surface area contributed by atoms with Gasteiger partial charge in [-0.3, -0.25) is 4.79 Å². The van der Waals surface area contributed by atoms with Gasteiger partial charge < -0.3 is 14.7 Å². The minimum Gasteiger partial charge on any atom is -0.494 e. The van der Waals surface area contributed by atoms with Gasteiger partial charge in [0.1, 0.15) is 5.75 Å². The van der Waals surface area contributed by atoms with Gasteiger partial charge in [-0.1, -0.05) is 33.3 Å². The molecule has 0 unspecified atom stereocenters. The Hall–Kier alpha value is -2.02. The number of hydrogen-bond acceptors (Lipinski definition) is 3. The van der Waals surface area contributed by atoms with E-state index in [0.29, 0.717) is 24.5 Å². The van der Waals surface area contributed by atoms with Gasteiger partial charge in [0, 0.05) is 6.04 Å². The number of nitrogens with zero attached hydrogens (tertiary/aromatic N) is 1. The molecule has 1 fully saturated rings. The zero-order valence-electron chi connectivity index (χ0n) is 19.1. The highest BCUT2D eigenvalue weighted by Crippen LogP contribution is 2.45. The third kappa shape index (κ3) is 6.73. The van der Waals surface area contributed by atoms with Crippen LogP contribution in [0.3, 0.4) is 0 Å². The Bertz CT molecular complexity index is 792. The van der Waals surface area contributed by atoms with Crippen LogP contribution in [0.25, 0.3) is 0 Å². The number of halogens is 3. The molecule has 4 nitrogen and oxygen atoms in total. The summed E-state index contributed by atoms with van der Waals surface area (Å²) in [5.41, 5.74) is -1.72. The van der Waals surface area contributed by atoms with Crippen molar-refractivity contribution in [3.63, 3.8) is 0 Å². The van der Waals surface area contributed by atoms with E-state index in [-0.39, 0.29) is 24.3 Å². The molecule has 1 saturated carbocycles. The second-order valence-electron chi connectivity index (χ2n) is 9.12. The van der Waals surface area contributed by atoms with E-state index in [0.717, 1.165) is 18.9 Å². The number of allylic oxidation sites excluding steroid dienone is 1. The number of rotatable bonds is 9. The Labute approximate surface area is 183 Å². The summed E-state index contributed by atoms with van der Waals surface area (Å²) >= 11 is 0. The summed E-state index contributed by atoms with van der Waals surface area (Å²) in [5.74, 6) is 0.0108. The van der Waals surface area contributed by atoms with Crippen LogP contribution in [0, 0.1) is 12.8 Å². The lowest BCUT2D eigenvalue weighted by atomic mass is 9.76. The lowest BCUT2D eigenvalue weighted by Gasteiger charge is -2.47. The summed E-state index contributed by atoms with van der Waals surface area (Å²) in [7, 11) is 0. The van der Waals surface area contributed by atoms with Crippen molar-refractivity contribution in [2.75, 3.05) is 11.5 Å². The van der Waals surface area contributed by atoms with E-state index >= 15 is 0 Å². The van der Waals surface area contributed by atoms with Gasteiger partial charge in [-0.2, -0.15) is 13.2 Å². The number of anilines is 1. The van der Waals surface area contributed by atoms with E-state index in [1.165, 1.54) is 11.0 Å². The van der Waals surface area contributed by atoms with E-state index < -0.39 is 29.3 Å². The molecule has 0 saturated heterocycles. The predicted molar refractivity (Wildman–Crippen MR) is 116 cm³/mol. The molecular weight excluding hydrogens is 407 g/mol. The number of aryl methyl sites for hydroxylation is 1. The molecule has 1 aromatic carbocycles. The van der Waals surface area contributed by atoms with Gasteiger partial charge in [0.15, 0.2) is 0 Å². The maximum atomic E-state index is 14.1. The van der Waals surface area contributed by atoms with Crippen LogP contribution in [0.2, 0.25) is 0 Å². The summed E-state index contributed by atoms with van der Waals surface area (Å²) in [6, 6.07) is 2.04.